The van der Waals surface area contributed by atoms with Crippen molar-refractivity contribution in [2.75, 3.05) is 39.8 Å². The second-order valence-corrected chi connectivity index (χ2v) is 6.78. The van der Waals surface area contributed by atoms with Crippen LogP contribution in [0.1, 0.15) is 23.4 Å². The van der Waals surface area contributed by atoms with Gasteiger partial charge in [-0.3, -0.25) is 14.6 Å². The van der Waals surface area contributed by atoms with Gasteiger partial charge in [0.05, 0.1) is 12.8 Å². The maximum absolute atomic E-state index is 12.0. The van der Waals surface area contributed by atoms with E-state index in [4.69, 9.17) is 10.8 Å². The molecule has 5 nitrogen and oxygen atoms in total. The number of hydrogen-bond acceptors (Lipinski definition) is 4. The van der Waals surface area contributed by atoms with Gasteiger partial charge in [-0.05, 0) is 50.4 Å². The highest BCUT2D eigenvalue weighted by molar-refractivity contribution is 5.91. The van der Waals surface area contributed by atoms with Crippen LogP contribution in [0.2, 0.25) is 0 Å². The van der Waals surface area contributed by atoms with Crippen LogP contribution in [-0.2, 0) is 0 Å². The molecule has 4 atom stereocenters. The normalized spacial score (nSPS) is 29.4. The van der Waals surface area contributed by atoms with E-state index in [1.165, 1.54) is 12.7 Å². The van der Waals surface area contributed by atoms with Crippen LogP contribution < -0.4 is 5.32 Å². The molecule has 4 heterocycles. The number of nitrogens with zero attached hydrogens (tertiary/aromatic N) is 2. The number of hydrogen-bond donors (Lipinski definition) is 1. The number of rotatable bonds is 6. The Kier molecular flexibility index (Phi) is 5.04. The summed E-state index contributed by atoms with van der Waals surface area (Å²) in [5.74, 6) is 4.41. The van der Waals surface area contributed by atoms with Gasteiger partial charge in [-0.1, -0.05) is 5.92 Å². The van der Waals surface area contributed by atoms with Gasteiger partial charge in [0.25, 0.3) is 5.91 Å². The van der Waals surface area contributed by atoms with Crippen LogP contribution in [-0.4, -0.2) is 61.5 Å². The third-order valence-electron chi connectivity index (χ3n) is 5.16. The van der Waals surface area contributed by atoms with Crippen molar-refractivity contribution < 1.29 is 9.21 Å². The van der Waals surface area contributed by atoms with Crippen LogP contribution >= 0.6 is 0 Å². The molecule has 0 aromatic carbocycles. The van der Waals surface area contributed by atoms with Crippen molar-refractivity contribution in [1.82, 2.24) is 15.1 Å². The molecule has 1 unspecified atom stereocenters. The number of fused-ring (bicyclic) bond motifs is 3. The van der Waals surface area contributed by atoms with Gasteiger partial charge in [-0.2, -0.15) is 0 Å². The van der Waals surface area contributed by atoms with E-state index in [0.717, 1.165) is 32.0 Å². The van der Waals surface area contributed by atoms with E-state index in [9.17, 15) is 4.79 Å². The van der Waals surface area contributed by atoms with Crippen LogP contribution in [0.25, 0.3) is 0 Å². The molecule has 0 radical (unpaired) electrons. The molecule has 2 bridgehead atoms. The molecule has 3 aliphatic heterocycles. The Hall–Kier alpha value is -1.77. The fourth-order valence-corrected chi connectivity index (χ4v) is 3.99. The molecule has 5 heteroatoms. The van der Waals surface area contributed by atoms with Crippen LogP contribution in [0, 0.1) is 24.2 Å². The van der Waals surface area contributed by atoms with E-state index in [-0.39, 0.29) is 5.91 Å². The van der Waals surface area contributed by atoms with E-state index in [1.807, 2.05) is 0 Å². The fraction of sp³-hybridized carbons (Fsp3) is 0.611. The fourth-order valence-electron chi connectivity index (χ4n) is 3.99. The van der Waals surface area contributed by atoms with Crippen molar-refractivity contribution in [2.45, 2.75) is 18.9 Å². The van der Waals surface area contributed by atoms with Crippen molar-refractivity contribution in [3.63, 3.8) is 0 Å². The first-order valence-corrected chi connectivity index (χ1v) is 8.35. The maximum atomic E-state index is 12.0. The maximum Gasteiger partial charge on any atom is 0.287 e. The van der Waals surface area contributed by atoms with Gasteiger partial charge < -0.3 is 9.73 Å². The molecule has 3 aliphatic rings. The molecule has 124 valence electrons. The van der Waals surface area contributed by atoms with E-state index in [1.54, 1.807) is 12.1 Å². The lowest BCUT2D eigenvalue weighted by atomic mass is 9.75. The third-order valence-corrected chi connectivity index (χ3v) is 5.16. The molecule has 1 N–H and O–H groups in total. The molecule has 1 aromatic heterocycles. The van der Waals surface area contributed by atoms with E-state index in [2.05, 4.69) is 28.1 Å². The Morgan fingerprint density at radius 3 is 3.13 bits per heavy atom. The monoisotopic (exact) mass is 315 g/mol. The predicted molar refractivity (Wildman–Crippen MR) is 88.9 cm³/mol. The van der Waals surface area contributed by atoms with Gasteiger partial charge >= 0.3 is 0 Å². The summed E-state index contributed by atoms with van der Waals surface area (Å²) < 4.78 is 5.13. The van der Waals surface area contributed by atoms with Crippen molar-refractivity contribution in [3.05, 3.63) is 24.2 Å². The van der Waals surface area contributed by atoms with Gasteiger partial charge in [0, 0.05) is 25.7 Å². The summed E-state index contributed by atoms with van der Waals surface area (Å²) in [7, 11) is 2.10. The van der Waals surface area contributed by atoms with E-state index >= 15 is 0 Å². The molecular formula is C18H25N3O2. The number of piperidine rings is 3. The molecule has 4 rings (SSSR count). The SMILES string of the molecule is C#CCN(C)C[C@H]1CN2CC[C@H]1C[C@@H]2CNC(=O)c1ccco1. The van der Waals surface area contributed by atoms with Crippen LogP contribution in [0.3, 0.4) is 0 Å². The first-order chi connectivity index (χ1) is 11.2. The summed E-state index contributed by atoms with van der Waals surface area (Å²) in [6, 6.07) is 3.87. The highest BCUT2D eigenvalue weighted by Gasteiger charge is 2.40. The standard InChI is InChI=1S/C18H25N3O2/c1-3-7-20(2)12-15-13-21-8-6-14(15)10-16(21)11-19-18(22)17-5-4-9-23-17/h1,4-5,9,14-16H,6-8,10-13H2,2H3,(H,19,22)/t14-,15-,16+/m0/s1. The minimum Gasteiger partial charge on any atom is -0.459 e. The summed E-state index contributed by atoms with van der Waals surface area (Å²) in [6.07, 6.45) is 9.34. The van der Waals surface area contributed by atoms with Crippen LogP contribution in [0.4, 0.5) is 0 Å². The van der Waals surface area contributed by atoms with E-state index in [0.29, 0.717) is 30.8 Å². The molecule has 0 spiro atoms. The Labute approximate surface area is 138 Å². The first kappa shape index (κ1) is 16.1. The molecule has 1 aromatic rings. The zero-order valence-electron chi connectivity index (χ0n) is 13.7. The Bertz CT molecular complexity index is 563. The number of carbonyl (C=O) groups excluding carboxylic acids is 1. The second kappa shape index (κ2) is 7.20. The Morgan fingerprint density at radius 1 is 1.61 bits per heavy atom. The second-order valence-electron chi connectivity index (χ2n) is 6.78. The number of nitrogens with one attached hydrogen (secondary N) is 1. The molecule has 23 heavy (non-hydrogen) atoms. The van der Waals surface area contributed by atoms with Gasteiger partial charge in [-0.25, -0.2) is 0 Å². The van der Waals surface area contributed by atoms with Crippen molar-refractivity contribution in [1.29, 1.82) is 0 Å². The van der Waals surface area contributed by atoms with Crippen LogP contribution in [0.5, 0.6) is 0 Å². The quantitative estimate of drug-likeness (QED) is 0.804. The molecule has 0 aliphatic carbocycles. The number of amides is 1. The molecule has 1 amide bonds. The van der Waals surface area contributed by atoms with Crippen molar-refractivity contribution in [3.8, 4) is 12.3 Å². The van der Waals surface area contributed by atoms with Crippen molar-refractivity contribution in [2.24, 2.45) is 11.8 Å². The highest BCUT2D eigenvalue weighted by Crippen LogP contribution is 2.36. The lowest BCUT2D eigenvalue weighted by Gasteiger charge is -2.50. The molecule has 3 saturated heterocycles. The number of furan rings is 1. The average Bonchev–Trinajstić information content (AvgIpc) is 3.08. The van der Waals surface area contributed by atoms with E-state index < -0.39 is 0 Å². The van der Waals surface area contributed by atoms with Gasteiger partial charge in [0.2, 0.25) is 0 Å². The molecule has 0 saturated carbocycles. The Balaban J connectivity index is 1.49. The Morgan fingerprint density at radius 2 is 2.48 bits per heavy atom. The summed E-state index contributed by atoms with van der Waals surface area (Å²) in [5.41, 5.74) is 0. The van der Waals surface area contributed by atoms with Gasteiger partial charge in [0.15, 0.2) is 5.76 Å². The van der Waals surface area contributed by atoms with Crippen molar-refractivity contribution >= 4 is 5.91 Å². The summed E-state index contributed by atoms with van der Waals surface area (Å²) in [6.45, 7) is 4.73. The molecular weight excluding hydrogens is 290 g/mol. The average molecular weight is 315 g/mol. The third kappa shape index (κ3) is 3.77. The zero-order valence-corrected chi connectivity index (χ0v) is 13.7. The largest absolute Gasteiger partial charge is 0.459 e. The summed E-state index contributed by atoms with van der Waals surface area (Å²) in [4.78, 5) is 16.7. The summed E-state index contributed by atoms with van der Waals surface area (Å²) >= 11 is 0. The summed E-state index contributed by atoms with van der Waals surface area (Å²) in [5, 5.41) is 3.00. The predicted octanol–water partition coefficient (Wildman–Crippen LogP) is 1.28. The minimum absolute atomic E-state index is 0.122. The number of terminal acetylenes is 1. The zero-order chi connectivity index (χ0) is 16.2. The molecule has 3 fully saturated rings. The smallest absolute Gasteiger partial charge is 0.287 e. The lowest BCUT2D eigenvalue weighted by Crippen LogP contribution is -2.58. The minimum atomic E-state index is -0.122. The lowest BCUT2D eigenvalue weighted by molar-refractivity contribution is -0.00769. The van der Waals surface area contributed by atoms with Crippen LogP contribution in [0.15, 0.2) is 22.8 Å². The van der Waals surface area contributed by atoms with Gasteiger partial charge in [-0.15, -0.1) is 6.42 Å². The highest BCUT2D eigenvalue weighted by atomic mass is 16.3. The topological polar surface area (TPSA) is 48.7 Å². The van der Waals surface area contributed by atoms with Gasteiger partial charge in [0.1, 0.15) is 0 Å². The first-order valence-electron chi connectivity index (χ1n) is 8.35. The number of carbonyl (C=O) groups is 1.